The fourth-order valence-electron chi connectivity index (χ4n) is 1.06. The van der Waals surface area contributed by atoms with Crippen LogP contribution >= 0.6 is 0 Å². The van der Waals surface area contributed by atoms with Gasteiger partial charge in [0.15, 0.2) is 5.78 Å². The maximum absolute atomic E-state index is 10.6. The number of ketones is 1. The summed E-state index contributed by atoms with van der Waals surface area (Å²) in [6.07, 6.45) is -1.65. The van der Waals surface area contributed by atoms with E-state index in [-0.39, 0.29) is 11.7 Å². The predicted octanol–water partition coefficient (Wildman–Crippen LogP) is -0.683. The van der Waals surface area contributed by atoms with Crippen LogP contribution in [0.15, 0.2) is 0 Å². The molecule has 0 aromatic rings. The molecule has 0 saturated heterocycles. The van der Waals surface area contributed by atoms with E-state index < -0.39 is 12.2 Å². The van der Waals surface area contributed by atoms with Crippen molar-refractivity contribution < 1.29 is 15.0 Å². The summed E-state index contributed by atoms with van der Waals surface area (Å²) in [5.74, 6) is -0.317. The van der Waals surface area contributed by atoms with Crippen molar-refractivity contribution in [1.29, 1.82) is 0 Å². The van der Waals surface area contributed by atoms with Crippen LogP contribution in [0.3, 0.4) is 0 Å². The molecule has 0 aromatic heterocycles. The smallest absolute Gasteiger partial charge is 0.164 e. The van der Waals surface area contributed by atoms with Gasteiger partial charge >= 0.3 is 0 Å². The van der Waals surface area contributed by atoms with Crippen molar-refractivity contribution in [3.05, 3.63) is 0 Å². The first kappa shape index (κ1) is 6.71. The molecule has 1 saturated carbocycles. The Labute approximate surface area is 53.3 Å². The molecule has 9 heavy (non-hydrogen) atoms. The van der Waals surface area contributed by atoms with Crippen LogP contribution in [-0.4, -0.2) is 28.2 Å². The van der Waals surface area contributed by atoms with Gasteiger partial charge in [0, 0.05) is 6.42 Å². The summed E-state index contributed by atoms with van der Waals surface area (Å²) in [4.78, 5) is 10.6. The largest absolute Gasteiger partial charge is 0.390 e. The topological polar surface area (TPSA) is 57.5 Å². The van der Waals surface area contributed by atoms with E-state index in [0.29, 0.717) is 6.42 Å². The maximum Gasteiger partial charge on any atom is 0.164 e. The molecule has 0 heterocycles. The number of aliphatic hydroxyl groups excluding tert-OH is 2. The quantitative estimate of drug-likeness (QED) is 0.456. The van der Waals surface area contributed by atoms with Gasteiger partial charge < -0.3 is 10.2 Å². The van der Waals surface area contributed by atoms with Gasteiger partial charge in [-0.1, -0.05) is 6.92 Å². The van der Waals surface area contributed by atoms with Crippen LogP contribution in [0.2, 0.25) is 0 Å². The summed E-state index contributed by atoms with van der Waals surface area (Å²) in [6.45, 7) is 1.75. The molecule has 1 aliphatic carbocycles. The summed E-state index contributed by atoms with van der Waals surface area (Å²) in [7, 11) is 0. The van der Waals surface area contributed by atoms with Gasteiger partial charge in [0.1, 0.15) is 6.10 Å². The first-order valence-electron chi connectivity index (χ1n) is 3.02. The van der Waals surface area contributed by atoms with Gasteiger partial charge in [-0.3, -0.25) is 4.79 Å². The Morgan fingerprint density at radius 2 is 2.11 bits per heavy atom. The first-order chi connectivity index (χ1) is 4.13. The number of hydrogen-bond acceptors (Lipinski definition) is 3. The lowest BCUT2D eigenvalue weighted by molar-refractivity contribution is -0.126. The SMILES string of the molecule is CC1CC(=O)C(O)C1O. The third-order valence-corrected chi connectivity index (χ3v) is 1.76. The van der Waals surface area contributed by atoms with E-state index in [9.17, 15) is 4.79 Å². The third kappa shape index (κ3) is 0.976. The summed E-state index contributed by atoms with van der Waals surface area (Å²) >= 11 is 0. The van der Waals surface area contributed by atoms with Gasteiger partial charge in [-0.15, -0.1) is 0 Å². The highest BCUT2D eigenvalue weighted by Crippen LogP contribution is 2.21. The molecule has 3 heteroatoms. The van der Waals surface area contributed by atoms with E-state index in [1.54, 1.807) is 6.92 Å². The minimum absolute atomic E-state index is 0.0764. The number of aliphatic hydroxyl groups is 2. The van der Waals surface area contributed by atoms with Crippen LogP contribution in [0, 0.1) is 5.92 Å². The lowest BCUT2D eigenvalue weighted by Crippen LogP contribution is -2.27. The second kappa shape index (κ2) is 2.08. The zero-order chi connectivity index (χ0) is 7.02. The molecule has 0 amide bonds. The van der Waals surface area contributed by atoms with Crippen LogP contribution in [0.25, 0.3) is 0 Å². The lowest BCUT2D eigenvalue weighted by atomic mass is 10.1. The average Bonchev–Trinajstić information content (AvgIpc) is 1.98. The zero-order valence-electron chi connectivity index (χ0n) is 5.24. The average molecular weight is 130 g/mol. The van der Waals surface area contributed by atoms with E-state index in [4.69, 9.17) is 10.2 Å². The van der Waals surface area contributed by atoms with Gasteiger partial charge in [0.25, 0.3) is 0 Å². The van der Waals surface area contributed by atoms with Gasteiger partial charge in [-0.2, -0.15) is 0 Å². The summed E-state index contributed by atoms with van der Waals surface area (Å²) in [5.41, 5.74) is 0. The second-order valence-electron chi connectivity index (χ2n) is 2.58. The molecule has 0 aromatic carbocycles. The van der Waals surface area contributed by atoms with Crippen molar-refractivity contribution >= 4 is 5.78 Å². The lowest BCUT2D eigenvalue weighted by Gasteiger charge is -2.08. The molecule has 0 bridgehead atoms. The number of hydrogen-bond donors (Lipinski definition) is 2. The second-order valence-corrected chi connectivity index (χ2v) is 2.58. The van der Waals surface area contributed by atoms with Crippen LogP contribution in [0.5, 0.6) is 0 Å². The van der Waals surface area contributed by atoms with E-state index in [2.05, 4.69) is 0 Å². The standard InChI is InChI=1S/C6H10O3/c1-3-2-4(7)6(9)5(3)8/h3,5-6,8-9H,2H2,1H3. The summed E-state index contributed by atoms with van der Waals surface area (Å²) in [6, 6.07) is 0. The van der Waals surface area contributed by atoms with Gasteiger partial charge in [0.2, 0.25) is 0 Å². The highest BCUT2D eigenvalue weighted by atomic mass is 16.3. The number of Topliss-reactive ketones (excluding diaryl/α,β-unsaturated/α-hetero) is 1. The molecule has 1 aliphatic rings. The Morgan fingerprint density at radius 3 is 2.22 bits per heavy atom. The minimum atomic E-state index is -1.13. The normalized spacial score (nSPS) is 43.9. The van der Waals surface area contributed by atoms with Crippen molar-refractivity contribution in [3.8, 4) is 0 Å². The number of carbonyl (C=O) groups excluding carboxylic acids is 1. The molecular formula is C6H10O3. The first-order valence-corrected chi connectivity index (χ1v) is 3.02. The monoisotopic (exact) mass is 130 g/mol. The van der Waals surface area contributed by atoms with E-state index in [0.717, 1.165) is 0 Å². The van der Waals surface area contributed by atoms with Gasteiger partial charge in [-0.25, -0.2) is 0 Å². The number of carbonyl (C=O) groups is 1. The summed E-state index contributed by atoms with van der Waals surface area (Å²) in [5, 5.41) is 17.8. The van der Waals surface area contributed by atoms with Crippen molar-refractivity contribution in [2.45, 2.75) is 25.6 Å². The fraction of sp³-hybridized carbons (Fsp3) is 0.833. The maximum atomic E-state index is 10.6. The highest BCUT2D eigenvalue weighted by Gasteiger charge is 2.37. The van der Waals surface area contributed by atoms with Crippen LogP contribution < -0.4 is 0 Å². The van der Waals surface area contributed by atoms with Crippen molar-refractivity contribution in [2.75, 3.05) is 0 Å². The molecule has 1 fully saturated rings. The van der Waals surface area contributed by atoms with Crippen LogP contribution in [0.4, 0.5) is 0 Å². The minimum Gasteiger partial charge on any atom is -0.390 e. The molecule has 1 rings (SSSR count). The number of rotatable bonds is 0. The molecular weight excluding hydrogens is 120 g/mol. The van der Waals surface area contributed by atoms with Gasteiger partial charge in [0.05, 0.1) is 6.10 Å². The Hall–Kier alpha value is -0.410. The molecule has 3 atom stereocenters. The highest BCUT2D eigenvalue weighted by molar-refractivity contribution is 5.86. The van der Waals surface area contributed by atoms with E-state index in [1.165, 1.54) is 0 Å². The predicted molar refractivity (Wildman–Crippen MR) is 30.8 cm³/mol. The molecule has 3 unspecified atom stereocenters. The van der Waals surface area contributed by atoms with Gasteiger partial charge in [-0.05, 0) is 5.92 Å². The molecule has 52 valence electrons. The van der Waals surface area contributed by atoms with Crippen molar-refractivity contribution in [1.82, 2.24) is 0 Å². The van der Waals surface area contributed by atoms with Crippen LogP contribution in [-0.2, 0) is 4.79 Å². The third-order valence-electron chi connectivity index (χ3n) is 1.76. The molecule has 0 aliphatic heterocycles. The van der Waals surface area contributed by atoms with Crippen molar-refractivity contribution in [3.63, 3.8) is 0 Å². The summed E-state index contributed by atoms with van der Waals surface area (Å²) < 4.78 is 0. The fourth-order valence-corrected chi connectivity index (χ4v) is 1.06. The van der Waals surface area contributed by atoms with E-state index in [1.807, 2.05) is 0 Å². The Kier molecular flexibility index (Phi) is 1.55. The Bertz CT molecular complexity index is 132. The van der Waals surface area contributed by atoms with E-state index >= 15 is 0 Å². The van der Waals surface area contributed by atoms with Crippen molar-refractivity contribution in [2.24, 2.45) is 5.92 Å². The molecule has 0 spiro atoms. The van der Waals surface area contributed by atoms with Crippen LogP contribution in [0.1, 0.15) is 13.3 Å². The Morgan fingerprint density at radius 1 is 1.56 bits per heavy atom. The molecule has 0 radical (unpaired) electrons. The molecule has 2 N–H and O–H groups in total. The Balaban J connectivity index is 2.65. The molecule has 3 nitrogen and oxygen atoms in total. The zero-order valence-corrected chi connectivity index (χ0v) is 5.24.